The fourth-order valence-corrected chi connectivity index (χ4v) is 3.61. The third-order valence-corrected chi connectivity index (χ3v) is 4.88. The number of amidine groups is 1. The highest BCUT2D eigenvalue weighted by Gasteiger charge is 2.44. The quantitative estimate of drug-likeness (QED) is 0.330. The van der Waals surface area contributed by atoms with E-state index in [1.807, 2.05) is 0 Å². The number of hydrogen-bond donors (Lipinski definition) is 5. The van der Waals surface area contributed by atoms with Gasteiger partial charge >= 0.3 is 0 Å². The molecule has 0 bridgehead atoms. The summed E-state index contributed by atoms with van der Waals surface area (Å²) in [6.45, 7) is 0.411. The van der Waals surface area contributed by atoms with E-state index < -0.39 is 15.7 Å². The topological polar surface area (TPSA) is 159 Å². The lowest BCUT2D eigenvalue weighted by molar-refractivity contribution is 0.307. The molecule has 6 N–H and O–H groups in total. The van der Waals surface area contributed by atoms with E-state index in [1.165, 1.54) is 0 Å². The molecule has 1 aromatic carbocycles. The first-order chi connectivity index (χ1) is 12.3. The first-order valence-electron chi connectivity index (χ1n) is 7.76. The second-order valence-electron chi connectivity index (χ2n) is 6.08. The molecule has 26 heavy (non-hydrogen) atoms. The summed E-state index contributed by atoms with van der Waals surface area (Å²) in [7, 11) is -3.74. The van der Waals surface area contributed by atoms with Gasteiger partial charge in [0.1, 0.15) is 0 Å². The maximum atomic E-state index is 11.2. The Morgan fingerprint density at radius 3 is 2.81 bits per heavy atom. The smallest absolute Gasteiger partial charge is 0.274 e. The molecule has 1 aromatic heterocycles. The minimum absolute atomic E-state index is 0.0141. The Hall–Kier alpha value is -2.21. The van der Waals surface area contributed by atoms with Crippen LogP contribution in [0.25, 0.3) is 0 Å². The van der Waals surface area contributed by atoms with Crippen molar-refractivity contribution in [2.75, 3.05) is 17.2 Å². The van der Waals surface area contributed by atoms with Gasteiger partial charge in [0, 0.05) is 22.8 Å². The normalized spacial score (nSPS) is 15.5. The molecule has 0 spiro atoms. The summed E-state index contributed by atoms with van der Waals surface area (Å²) in [5.74, 6) is 0.274. The molecule has 3 rings (SSSR count). The highest BCUT2D eigenvalue weighted by molar-refractivity contribution is 7.87. The second-order valence-corrected chi connectivity index (χ2v) is 7.81. The number of benzene rings is 1. The van der Waals surface area contributed by atoms with Crippen molar-refractivity contribution in [3.05, 3.63) is 35.0 Å². The van der Waals surface area contributed by atoms with Gasteiger partial charge in [0.05, 0.1) is 0 Å². The molecule has 0 radical (unpaired) electrons. The molecule has 10 nitrogen and oxygen atoms in total. The third-order valence-electron chi connectivity index (χ3n) is 3.93. The summed E-state index contributed by atoms with van der Waals surface area (Å²) >= 11 is 5.92. The second kappa shape index (κ2) is 7.19. The van der Waals surface area contributed by atoms with Gasteiger partial charge in [0.2, 0.25) is 5.82 Å². The molecular formula is C14H18ClN7O3S. The van der Waals surface area contributed by atoms with Crippen LogP contribution in [0.2, 0.25) is 5.02 Å². The van der Waals surface area contributed by atoms with Gasteiger partial charge in [-0.15, -0.1) is 0 Å². The van der Waals surface area contributed by atoms with Crippen LogP contribution in [0.4, 0.5) is 11.5 Å². The fraction of sp³-hybridized carbons (Fsp3) is 0.357. The number of aromatic nitrogens is 2. The summed E-state index contributed by atoms with van der Waals surface area (Å²) in [5, 5.41) is 27.0. The summed E-state index contributed by atoms with van der Waals surface area (Å²) in [5.41, 5.74) is 0.324. The van der Waals surface area contributed by atoms with E-state index in [4.69, 9.17) is 26.8 Å². The van der Waals surface area contributed by atoms with Crippen LogP contribution >= 0.6 is 11.6 Å². The first-order valence-corrected chi connectivity index (χ1v) is 9.68. The van der Waals surface area contributed by atoms with E-state index in [9.17, 15) is 8.42 Å². The molecular weight excluding hydrogens is 382 g/mol. The van der Waals surface area contributed by atoms with E-state index in [0.29, 0.717) is 23.7 Å². The Morgan fingerprint density at radius 1 is 1.38 bits per heavy atom. The molecule has 2 aromatic rings. The molecule has 0 atom stereocenters. The molecule has 1 fully saturated rings. The number of nitrogens with zero attached hydrogens (tertiary/aromatic N) is 2. The van der Waals surface area contributed by atoms with Crippen molar-refractivity contribution in [3.8, 4) is 0 Å². The van der Waals surface area contributed by atoms with E-state index in [1.54, 1.807) is 24.3 Å². The van der Waals surface area contributed by atoms with E-state index in [0.717, 1.165) is 12.8 Å². The molecule has 0 aliphatic heterocycles. The van der Waals surface area contributed by atoms with Gasteiger partial charge in [-0.25, -0.2) is 9.77 Å². The molecule has 12 heteroatoms. The Kier molecular flexibility index (Phi) is 5.14. The zero-order valence-electron chi connectivity index (χ0n) is 13.6. The zero-order chi connectivity index (χ0) is 18.8. The summed E-state index contributed by atoms with van der Waals surface area (Å²) in [4.78, 5) is 0. The molecule has 0 amide bonds. The van der Waals surface area contributed by atoms with Gasteiger partial charge in [0.25, 0.3) is 10.2 Å². The standard InChI is InChI=1S/C14H18ClN7O3S/c15-9-2-1-3-10(8-9)19-12(16)11-13(21-25-20-11)18-7-6-14(4-5-14)22-26(17,23)24/h1-3,8,22H,4-7H2,(H2,16,19)(H,18,21)(H2,17,23,24). The number of anilines is 2. The monoisotopic (exact) mass is 399 g/mol. The molecule has 140 valence electrons. The lowest BCUT2D eigenvalue weighted by Gasteiger charge is -2.15. The SMILES string of the molecule is N=C(Nc1cccc(Cl)c1)c1nonc1NCCC1(NS(N)(=O)=O)CC1. The predicted molar refractivity (Wildman–Crippen MR) is 97.5 cm³/mol. The van der Waals surface area contributed by atoms with Gasteiger partial charge in [-0.2, -0.15) is 13.1 Å². The molecule has 1 saturated carbocycles. The Morgan fingerprint density at radius 2 is 2.15 bits per heavy atom. The highest BCUT2D eigenvalue weighted by atomic mass is 35.5. The Labute approximate surface area is 155 Å². The molecule has 0 unspecified atom stereocenters. The number of nitrogens with one attached hydrogen (secondary N) is 4. The fourth-order valence-electron chi connectivity index (χ4n) is 2.51. The van der Waals surface area contributed by atoms with Crippen LogP contribution in [0.15, 0.2) is 28.9 Å². The minimum atomic E-state index is -3.74. The number of nitrogens with two attached hydrogens (primary N) is 1. The number of halogens is 1. The van der Waals surface area contributed by atoms with Crippen molar-refractivity contribution < 1.29 is 13.0 Å². The lowest BCUT2D eigenvalue weighted by atomic mass is 10.2. The maximum absolute atomic E-state index is 11.2. The van der Waals surface area contributed by atoms with Crippen molar-refractivity contribution in [2.45, 2.75) is 24.8 Å². The summed E-state index contributed by atoms with van der Waals surface area (Å²) in [6, 6.07) is 6.92. The number of rotatable bonds is 8. The first kappa shape index (κ1) is 18.6. The van der Waals surface area contributed by atoms with Crippen LogP contribution in [-0.4, -0.2) is 36.7 Å². The van der Waals surface area contributed by atoms with Crippen molar-refractivity contribution in [1.82, 2.24) is 15.0 Å². The summed E-state index contributed by atoms with van der Waals surface area (Å²) in [6.07, 6.45) is 1.97. The van der Waals surface area contributed by atoms with Crippen LogP contribution in [0.1, 0.15) is 25.0 Å². The zero-order valence-corrected chi connectivity index (χ0v) is 15.2. The Bertz CT molecular complexity index is 911. The van der Waals surface area contributed by atoms with E-state index in [2.05, 4.69) is 25.7 Å². The maximum Gasteiger partial charge on any atom is 0.274 e. The molecule has 1 aliphatic rings. The van der Waals surface area contributed by atoms with Crippen molar-refractivity contribution in [1.29, 1.82) is 5.41 Å². The van der Waals surface area contributed by atoms with Crippen molar-refractivity contribution in [2.24, 2.45) is 5.14 Å². The highest BCUT2D eigenvalue weighted by Crippen LogP contribution is 2.39. The Balaban J connectivity index is 1.58. The van der Waals surface area contributed by atoms with E-state index >= 15 is 0 Å². The number of hydrogen-bond acceptors (Lipinski definition) is 7. The minimum Gasteiger partial charge on any atom is -0.365 e. The van der Waals surface area contributed by atoms with Crippen molar-refractivity contribution in [3.63, 3.8) is 0 Å². The molecule has 0 saturated heterocycles. The van der Waals surface area contributed by atoms with Gasteiger partial charge in [0.15, 0.2) is 11.5 Å². The molecule has 1 heterocycles. The van der Waals surface area contributed by atoms with Gasteiger partial charge < -0.3 is 10.6 Å². The average Bonchev–Trinajstić information content (AvgIpc) is 3.10. The largest absolute Gasteiger partial charge is 0.365 e. The van der Waals surface area contributed by atoms with Crippen LogP contribution < -0.4 is 20.5 Å². The van der Waals surface area contributed by atoms with Crippen LogP contribution in [0.3, 0.4) is 0 Å². The third kappa shape index (κ3) is 4.91. The van der Waals surface area contributed by atoms with Gasteiger partial charge in [-0.3, -0.25) is 5.41 Å². The van der Waals surface area contributed by atoms with E-state index in [-0.39, 0.29) is 17.3 Å². The lowest BCUT2D eigenvalue weighted by Crippen LogP contribution is -2.42. The summed E-state index contributed by atoms with van der Waals surface area (Å²) < 4.78 is 29.5. The predicted octanol–water partition coefficient (Wildman–Crippen LogP) is 1.29. The van der Waals surface area contributed by atoms with Gasteiger partial charge in [-0.05, 0) is 47.8 Å². The van der Waals surface area contributed by atoms with Crippen LogP contribution in [-0.2, 0) is 10.2 Å². The van der Waals surface area contributed by atoms with Crippen molar-refractivity contribution >= 4 is 39.2 Å². The van der Waals surface area contributed by atoms with Crippen LogP contribution in [0.5, 0.6) is 0 Å². The average molecular weight is 400 g/mol. The van der Waals surface area contributed by atoms with Gasteiger partial charge in [-0.1, -0.05) is 17.7 Å². The molecule has 1 aliphatic carbocycles. The van der Waals surface area contributed by atoms with Crippen LogP contribution in [0, 0.1) is 5.41 Å².